The van der Waals surface area contributed by atoms with Crippen LogP contribution in [0.2, 0.25) is 0 Å². The van der Waals surface area contributed by atoms with E-state index >= 15 is 0 Å². The first-order valence-corrected chi connectivity index (χ1v) is 13.3. The van der Waals surface area contributed by atoms with Gasteiger partial charge in [-0.2, -0.15) is 0 Å². The molecule has 2 unspecified atom stereocenters. The van der Waals surface area contributed by atoms with E-state index in [4.69, 9.17) is 14.9 Å². The van der Waals surface area contributed by atoms with E-state index in [0.717, 1.165) is 24.3 Å². The SMILES string of the molecule is O=C(O)C1=CC=C(c2ccc(C(=O)O)cc2)CC1(C(=O)O)C(=O)OC(=O)C1(C(=O)O)CC(c2ccc(C(=O)O)cc2)=CC=C1C(=O)O. The second-order valence-corrected chi connectivity index (χ2v) is 10.4. The van der Waals surface area contributed by atoms with E-state index in [1.807, 2.05) is 0 Å². The monoisotopic (exact) mass is 646 g/mol. The third-order valence-electron chi connectivity index (χ3n) is 7.81. The fourth-order valence-electron chi connectivity index (χ4n) is 5.27. The number of benzene rings is 2. The molecule has 0 bridgehead atoms. The minimum absolute atomic E-state index is 0.00509. The molecule has 4 rings (SSSR count). The highest BCUT2D eigenvalue weighted by molar-refractivity contribution is 6.19. The Bertz CT molecular complexity index is 1750. The van der Waals surface area contributed by atoms with Gasteiger partial charge in [0.15, 0.2) is 0 Å². The minimum Gasteiger partial charge on any atom is -0.480 e. The molecule has 15 nitrogen and oxygen atoms in total. The molecule has 0 spiro atoms. The molecule has 0 fully saturated rings. The van der Waals surface area contributed by atoms with Gasteiger partial charge in [-0.1, -0.05) is 36.4 Å². The zero-order valence-electron chi connectivity index (χ0n) is 23.7. The number of hydrogen-bond acceptors (Lipinski definition) is 9. The minimum atomic E-state index is -3.15. The van der Waals surface area contributed by atoms with Gasteiger partial charge in [0.2, 0.25) is 10.8 Å². The van der Waals surface area contributed by atoms with Gasteiger partial charge < -0.3 is 35.4 Å². The summed E-state index contributed by atoms with van der Waals surface area (Å²) in [6, 6.07) is 9.72. The van der Waals surface area contributed by atoms with Crippen LogP contribution in [0, 0.1) is 10.8 Å². The molecule has 0 aromatic heterocycles. The third-order valence-corrected chi connectivity index (χ3v) is 7.81. The average Bonchev–Trinajstić information content (AvgIpc) is 3.03. The van der Waals surface area contributed by atoms with E-state index in [9.17, 15) is 58.8 Å². The van der Waals surface area contributed by atoms with Gasteiger partial charge in [-0.3, -0.25) is 9.59 Å². The van der Waals surface area contributed by atoms with E-state index in [2.05, 4.69) is 0 Å². The van der Waals surface area contributed by atoms with Crippen molar-refractivity contribution in [1.29, 1.82) is 0 Å². The van der Waals surface area contributed by atoms with E-state index in [0.29, 0.717) is 0 Å². The van der Waals surface area contributed by atoms with Crippen LogP contribution >= 0.6 is 0 Å². The average molecular weight is 647 g/mol. The topological polar surface area (TPSA) is 267 Å². The van der Waals surface area contributed by atoms with E-state index in [1.54, 1.807) is 0 Å². The molecule has 0 aliphatic heterocycles. The number of esters is 2. The molecule has 2 aliphatic rings. The van der Waals surface area contributed by atoms with Gasteiger partial charge in [0, 0.05) is 12.8 Å². The van der Waals surface area contributed by atoms with Gasteiger partial charge in [0.05, 0.1) is 22.3 Å². The van der Waals surface area contributed by atoms with Crippen molar-refractivity contribution in [3.05, 3.63) is 106 Å². The number of aromatic carboxylic acids is 2. The van der Waals surface area contributed by atoms with Crippen molar-refractivity contribution >= 4 is 58.9 Å². The first kappa shape index (κ1) is 33.3. The van der Waals surface area contributed by atoms with Crippen LogP contribution < -0.4 is 0 Å². The molecule has 240 valence electrons. The van der Waals surface area contributed by atoms with Crippen molar-refractivity contribution in [2.75, 3.05) is 0 Å². The maximum atomic E-state index is 13.7. The smallest absolute Gasteiger partial charge is 0.336 e. The van der Waals surface area contributed by atoms with Crippen LogP contribution in [0.15, 0.2) is 84.0 Å². The van der Waals surface area contributed by atoms with Crippen LogP contribution in [0.5, 0.6) is 0 Å². The highest BCUT2D eigenvalue weighted by atomic mass is 16.6. The van der Waals surface area contributed by atoms with Crippen LogP contribution in [-0.4, -0.2) is 78.4 Å². The predicted molar refractivity (Wildman–Crippen MR) is 155 cm³/mol. The van der Waals surface area contributed by atoms with E-state index in [-0.39, 0.29) is 33.4 Å². The molecule has 2 aliphatic carbocycles. The number of rotatable bonds is 10. The molecule has 2 atom stereocenters. The van der Waals surface area contributed by atoms with E-state index in [1.165, 1.54) is 48.5 Å². The summed E-state index contributed by atoms with van der Waals surface area (Å²) in [6.07, 6.45) is 1.97. The van der Waals surface area contributed by atoms with Crippen molar-refractivity contribution in [3.8, 4) is 0 Å². The largest absolute Gasteiger partial charge is 0.480 e. The van der Waals surface area contributed by atoms with Crippen molar-refractivity contribution in [2.45, 2.75) is 12.8 Å². The van der Waals surface area contributed by atoms with Crippen LogP contribution in [-0.2, 0) is 33.5 Å². The number of carbonyl (C=O) groups excluding carboxylic acids is 2. The molecule has 15 heteroatoms. The Hall–Kier alpha value is -6.64. The predicted octanol–water partition coefficient (Wildman–Crippen LogP) is 2.59. The van der Waals surface area contributed by atoms with Crippen molar-refractivity contribution in [1.82, 2.24) is 0 Å². The summed E-state index contributed by atoms with van der Waals surface area (Å²) in [5, 5.41) is 58.5. The summed E-state index contributed by atoms with van der Waals surface area (Å²) >= 11 is 0. The first-order valence-electron chi connectivity index (χ1n) is 13.3. The van der Waals surface area contributed by atoms with Crippen LogP contribution in [0.3, 0.4) is 0 Å². The summed E-state index contributed by atoms with van der Waals surface area (Å²) in [4.78, 5) is 99.6. The second-order valence-electron chi connectivity index (χ2n) is 10.4. The van der Waals surface area contributed by atoms with Crippen molar-refractivity contribution < 1.29 is 73.7 Å². The Kier molecular flexibility index (Phi) is 8.77. The zero-order valence-corrected chi connectivity index (χ0v) is 23.7. The van der Waals surface area contributed by atoms with Gasteiger partial charge in [-0.05, 0) is 58.7 Å². The number of carboxylic acids is 6. The molecule has 0 heterocycles. The van der Waals surface area contributed by atoms with Gasteiger partial charge in [-0.15, -0.1) is 0 Å². The summed E-state index contributed by atoms with van der Waals surface area (Å²) in [5.74, 6) is -14.6. The number of ether oxygens (including phenoxy) is 1. The molecule has 6 N–H and O–H groups in total. The Morgan fingerprint density at radius 1 is 0.468 bits per heavy atom. The van der Waals surface area contributed by atoms with Gasteiger partial charge in [-0.25, -0.2) is 28.8 Å². The molecule has 0 radical (unpaired) electrons. The lowest BCUT2D eigenvalue weighted by molar-refractivity contribution is -0.180. The Morgan fingerprint density at radius 3 is 1.04 bits per heavy atom. The molecule has 0 saturated carbocycles. The van der Waals surface area contributed by atoms with Gasteiger partial charge in [0.1, 0.15) is 0 Å². The van der Waals surface area contributed by atoms with E-state index < -0.39 is 82.6 Å². The van der Waals surface area contributed by atoms with Gasteiger partial charge in [0.25, 0.3) is 0 Å². The van der Waals surface area contributed by atoms with Crippen LogP contribution in [0.4, 0.5) is 0 Å². The van der Waals surface area contributed by atoms with Crippen molar-refractivity contribution in [3.63, 3.8) is 0 Å². The normalized spacial score (nSPS) is 20.3. The Morgan fingerprint density at radius 2 is 0.787 bits per heavy atom. The zero-order chi connectivity index (χ0) is 34.8. The maximum Gasteiger partial charge on any atom is 0.336 e. The lowest BCUT2D eigenvalue weighted by Crippen LogP contribution is -2.51. The third kappa shape index (κ3) is 5.80. The fourth-order valence-corrected chi connectivity index (χ4v) is 5.27. The summed E-state index contributed by atoms with van der Waals surface area (Å²) in [6.45, 7) is 0. The van der Waals surface area contributed by atoms with Crippen LogP contribution in [0.1, 0.15) is 44.7 Å². The quantitative estimate of drug-likeness (QED) is 0.160. The fraction of sp³-hybridized carbons (Fsp3) is 0.125. The Labute approximate surface area is 262 Å². The van der Waals surface area contributed by atoms with Gasteiger partial charge >= 0.3 is 47.8 Å². The number of hydrogen-bond donors (Lipinski definition) is 6. The first-order chi connectivity index (χ1) is 22.1. The molecule has 0 saturated heterocycles. The Balaban J connectivity index is 1.77. The lowest BCUT2D eigenvalue weighted by Gasteiger charge is -2.34. The summed E-state index contributed by atoms with van der Waals surface area (Å²) in [7, 11) is 0. The number of carbonyl (C=O) groups is 8. The molecular weight excluding hydrogens is 624 g/mol. The summed E-state index contributed by atoms with van der Waals surface area (Å²) < 4.78 is 4.83. The highest BCUT2D eigenvalue weighted by Gasteiger charge is 2.60. The number of allylic oxidation sites excluding steroid dienone is 6. The molecular formula is C32H22O15. The summed E-state index contributed by atoms with van der Waals surface area (Å²) in [5.41, 5.74) is -8.33. The van der Waals surface area contributed by atoms with Crippen LogP contribution in [0.25, 0.3) is 11.1 Å². The number of aliphatic carboxylic acids is 4. The second kappa shape index (κ2) is 12.4. The molecule has 2 aromatic rings. The maximum absolute atomic E-state index is 13.7. The molecule has 2 aromatic carbocycles. The highest BCUT2D eigenvalue weighted by Crippen LogP contribution is 2.46. The standard InChI is InChI=1S/C32H22O15/c33-23(34)17-5-1-15(2-6-17)19-9-11-21(25(37)38)31(13-19,27(41)42)29(45)47-30(46)32(28(43)44)14-20(10-12-22(32)26(39)40)16-3-7-18(8-4-16)24(35)36/h1-12H,13-14H2,(H,33,34)(H,35,36)(H,37,38)(H,39,40)(H,41,42)(H,43,44). The molecule has 47 heavy (non-hydrogen) atoms. The molecule has 0 amide bonds. The number of carboxylic acid groups (broad SMARTS) is 6. The lowest BCUT2D eigenvalue weighted by atomic mass is 9.69. The van der Waals surface area contributed by atoms with Crippen molar-refractivity contribution in [2.24, 2.45) is 10.8 Å².